The van der Waals surface area contributed by atoms with E-state index in [2.05, 4.69) is 4.98 Å². The number of aryl methyl sites for hydroxylation is 2. The van der Waals surface area contributed by atoms with Gasteiger partial charge < -0.3 is 19.3 Å². The second-order valence-corrected chi connectivity index (χ2v) is 9.88. The van der Waals surface area contributed by atoms with Gasteiger partial charge in [-0.25, -0.2) is 4.98 Å². The molecule has 198 valence electrons. The summed E-state index contributed by atoms with van der Waals surface area (Å²) < 4.78 is 7.83. The van der Waals surface area contributed by atoms with Crippen LogP contribution in [0, 0.1) is 6.92 Å². The number of nitrogens with zero attached hydrogens (tertiary/aromatic N) is 3. The van der Waals surface area contributed by atoms with Crippen molar-refractivity contribution in [3.63, 3.8) is 0 Å². The number of amides is 1. The lowest BCUT2D eigenvalue weighted by atomic mass is 9.95. The zero-order chi connectivity index (χ0) is 27.4. The van der Waals surface area contributed by atoms with Crippen molar-refractivity contribution in [3.8, 4) is 5.75 Å². The maximum atomic E-state index is 13.3. The first kappa shape index (κ1) is 26.3. The molecule has 0 spiro atoms. The van der Waals surface area contributed by atoms with E-state index in [0.717, 1.165) is 11.1 Å². The van der Waals surface area contributed by atoms with Gasteiger partial charge in [-0.3, -0.25) is 9.59 Å². The molecule has 0 radical (unpaired) electrons. The molecule has 1 aliphatic heterocycles. The SMILES string of the molecule is Cc1ccccc1COc1ccc(/C(O)=C2\C(=O)C(=O)N(CCCn3ccnc3)C2c2cccc(Cl)c2)cc1. The fourth-order valence-electron chi connectivity index (χ4n) is 4.77. The van der Waals surface area contributed by atoms with E-state index in [9.17, 15) is 14.7 Å². The van der Waals surface area contributed by atoms with E-state index in [1.165, 1.54) is 4.90 Å². The van der Waals surface area contributed by atoms with Crippen molar-refractivity contribution in [2.24, 2.45) is 0 Å². The molecule has 4 aromatic rings. The molecule has 1 amide bonds. The van der Waals surface area contributed by atoms with Gasteiger partial charge in [0.15, 0.2) is 0 Å². The van der Waals surface area contributed by atoms with E-state index < -0.39 is 17.7 Å². The van der Waals surface area contributed by atoms with Crippen LogP contribution < -0.4 is 4.74 Å². The van der Waals surface area contributed by atoms with Gasteiger partial charge in [-0.2, -0.15) is 0 Å². The number of aliphatic hydroxyl groups is 1. The first-order chi connectivity index (χ1) is 18.9. The Morgan fingerprint density at radius 2 is 1.82 bits per heavy atom. The Balaban J connectivity index is 1.42. The number of rotatable bonds is 9. The van der Waals surface area contributed by atoms with Crippen molar-refractivity contribution in [2.75, 3.05) is 6.54 Å². The van der Waals surface area contributed by atoms with Crippen molar-refractivity contribution >= 4 is 29.1 Å². The largest absolute Gasteiger partial charge is 0.507 e. The van der Waals surface area contributed by atoms with Gasteiger partial charge in [0.2, 0.25) is 0 Å². The first-order valence-electron chi connectivity index (χ1n) is 12.7. The molecule has 1 fully saturated rings. The molecule has 5 rings (SSSR count). The number of ketones is 1. The number of Topliss-reactive ketones (excluding diaryl/α,β-unsaturated/α-hetero) is 1. The van der Waals surface area contributed by atoms with Crippen molar-refractivity contribution in [1.82, 2.24) is 14.5 Å². The molecular weight excluding hydrogens is 514 g/mol. The molecule has 1 unspecified atom stereocenters. The summed E-state index contributed by atoms with van der Waals surface area (Å²) in [6.07, 6.45) is 5.85. The number of ether oxygens (including phenoxy) is 1. The summed E-state index contributed by atoms with van der Waals surface area (Å²) in [5, 5.41) is 11.8. The van der Waals surface area contributed by atoms with Crippen molar-refractivity contribution < 1.29 is 19.4 Å². The van der Waals surface area contributed by atoms with E-state index >= 15 is 0 Å². The summed E-state index contributed by atoms with van der Waals surface area (Å²) in [5.41, 5.74) is 3.34. The summed E-state index contributed by atoms with van der Waals surface area (Å²) in [4.78, 5) is 32.0. The number of benzene rings is 3. The maximum absolute atomic E-state index is 13.3. The molecule has 39 heavy (non-hydrogen) atoms. The Kier molecular flexibility index (Phi) is 7.79. The van der Waals surface area contributed by atoms with Crippen LogP contribution in [-0.4, -0.2) is 37.8 Å². The summed E-state index contributed by atoms with van der Waals surface area (Å²) in [7, 11) is 0. The molecule has 1 aliphatic rings. The van der Waals surface area contributed by atoms with Gasteiger partial charge in [0.25, 0.3) is 11.7 Å². The molecular formula is C31H28ClN3O4. The highest BCUT2D eigenvalue weighted by Gasteiger charge is 2.45. The lowest BCUT2D eigenvalue weighted by Gasteiger charge is -2.25. The highest BCUT2D eigenvalue weighted by molar-refractivity contribution is 6.46. The molecule has 0 saturated carbocycles. The summed E-state index contributed by atoms with van der Waals surface area (Å²) in [5.74, 6) is -0.979. The molecule has 1 aromatic heterocycles. The van der Waals surface area contributed by atoms with Crippen LogP contribution in [0.2, 0.25) is 5.02 Å². The topological polar surface area (TPSA) is 84.7 Å². The number of carbonyl (C=O) groups is 2. The van der Waals surface area contributed by atoms with E-state index in [1.54, 1.807) is 61.1 Å². The van der Waals surface area contributed by atoms with Crippen LogP contribution in [-0.2, 0) is 22.7 Å². The van der Waals surface area contributed by atoms with E-state index in [0.29, 0.717) is 48.0 Å². The van der Waals surface area contributed by atoms with E-state index in [1.807, 2.05) is 42.0 Å². The highest BCUT2D eigenvalue weighted by Crippen LogP contribution is 2.40. The quantitative estimate of drug-likeness (QED) is 0.161. The minimum absolute atomic E-state index is 0.0403. The highest BCUT2D eigenvalue weighted by atomic mass is 35.5. The van der Waals surface area contributed by atoms with Gasteiger partial charge in [-0.1, -0.05) is 48.0 Å². The van der Waals surface area contributed by atoms with E-state index in [4.69, 9.17) is 16.3 Å². The first-order valence-corrected chi connectivity index (χ1v) is 13.1. The fourth-order valence-corrected chi connectivity index (χ4v) is 4.97. The Hall–Kier alpha value is -4.36. The number of carbonyl (C=O) groups excluding carboxylic acids is 2. The van der Waals surface area contributed by atoms with Gasteiger partial charge in [0.05, 0.1) is 17.9 Å². The molecule has 0 aliphatic carbocycles. The Morgan fingerprint density at radius 1 is 1.03 bits per heavy atom. The number of aliphatic hydroxyl groups excluding tert-OH is 1. The Morgan fingerprint density at radius 3 is 2.54 bits per heavy atom. The second-order valence-electron chi connectivity index (χ2n) is 9.44. The van der Waals surface area contributed by atoms with Crippen LogP contribution in [0.4, 0.5) is 0 Å². The minimum atomic E-state index is -0.761. The molecule has 7 nitrogen and oxygen atoms in total. The maximum Gasteiger partial charge on any atom is 0.295 e. The van der Waals surface area contributed by atoms with Gasteiger partial charge in [-0.15, -0.1) is 0 Å². The Labute approximate surface area is 231 Å². The van der Waals surface area contributed by atoms with Crippen LogP contribution >= 0.6 is 11.6 Å². The van der Waals surface area contributed by atoms with Gasteiger partial charge in [0, 0.05) is 36.1 Å². The lowest BCUT2D eigenvalue weighted by molar-refractivity contribution is -0.139. The molecule has 8 heteroatoms. The predicted octanol–water partition coefficient (Wildman–Crippen LogP) is 5.94. The third-order valence-corrected chi connectivity index (χ3v) is 7.10. The van der Waals surface area contributed by atoms with Crippen LogP contribution in [0.15, 0.2) is 97.1 Å². The number of halogens is 1. The molecule has 1 saturated heterocycles. The van der Waals surface area contributed by atoms with Gasteiger partial charge >= 0.3 is 0 Å². The minimum Gasteiger partial charge on any atom is -0.507 e. The molecule has 0 bridgehead atoms. The summed E-state index contributed by atoms with van der Waals surface area (Å²) >= 11 is 6.27. The zero-order valence-corrected chi connectivity index (χ0v) is 22.2. The fraction of sp³-hybridized carbons (Fsp3) is 0.194. The van der Waals surface area contributed by atoms with Crippen LogP contribution in [0.1, 0.15) is 34.7 Å². The van der Waals surface area contributed by atoms with Crippen molar-refractivity contribution in [2.45, 2.75) is 32.5 Å². The molecule has 1 atom stereocenters. The third kappa shape index (κ3) is 5.73. The average Bonchev–Trinajstić information content (AvgIpc) is 3.55. The molecule has 3 aromatic carbocycles. The van der Waals surface area contributed by atoms with Gasteiger partial charge in [-0.05, 0) is 66.4 Å². The lowest BCUT2D eigenvalue weighted by Crippen LogP contribution is -2.31. The van der Waals surface area contributed by atoms with Gasteiger partial charge in [0.1, 0.15) is 18.1 Å². The number of likely N-dealkylation sites (tertiary alicyclic amines) is 1. The molecule has 2 heterocycles. The van der Waals surface area contributed by atoms with Crippen LogP contribution in [0.5, 0.6) is 5.75 Å². The summed E-state index contributed by atoms with van der Waals surface area (Å²) in [6.45, 7) is 3.40. The summed E-state index contributed by atoms with van der Waals surface area (Å²) in [6, 6.07) is 21.1. The smallest absolute Gasteiger partial charge is 0.295 e. The number of imidazole rings is 1. The third-order valence-electron chi connectivity index (χ3n) is 6.86. The normalized spacial score (nSPS) is 16.6. The van der Waals surface area contributed by atoms with E-state index in [-0.39, 0.29) is 11.3 Å². The predicted molar refractivity (Wildman–Crippen MR) is 149 cm³/mol. The number of aromatic nitrogens is 2. The van der Waals surface area contributed by atoms with Crippen LogP contribution in [0.3, 0.4) is 0 Å². The second kappa shape index (κ2) is 11.6. The van der Waals surface area contributed by atoms with Crippen molar-refractivity contribution in [1.29, 1.82) is 0 Å². The van der Waals surface area contributed by atoms with Crippen molar-refractivity contribution in [3.05, 3.63) is 124 Å². The number of hydrogen-bond donors (Lipinski definition) is 1. The Bertz CT molecular complexity index is 1510. The monoisotopic (exact) mass is 541 g/mol. The average molecular weight is 542 g/mol. The zero-order valence-electron chi connectivity index (χ0n) is 21.5. The molecule has 1 N–H and O–H groups in total. The number of hydrogen-bond acceptors (Lipinski definition) is 5. The van der Waals surface area contributed by atoms with Crippen LogP contribution in [0.25, 0.3) is 5.76 Å². The standard InChI is InChI=1S/C31H28ClN3O4/c1-21-6-2-3-7-24(21)19-39-26-12-10-22(11-13-26)29(36)27-28(23-8-4-9-25(32)18-23)35(31(38)30(27)37)16-5-15-34-17-14-33-20-34/h2-4,6-14,17-18,20,28,36H,5,15-16,19H2,1H3/b29-27+.